The van der Waals surface area contributed by atoms with Gasteiger partial charge in [0.25, 0.3) is 0 Å². The van der Waals surface area contributed by atoms with Crippen LogP contribution < -0.4 is 20.9 Å². The molecule has 0 bridgehead atoms. The number of hydrogen-bond acceptors (Lipinski definition) is 8. The Morgan fingerprint density at radius 1 is 0.672 bits per heavy atom. The molecule has 368 valence electrons. The molecule has 6 rings (SSSR count). The molecular weight excluding hydrogens is 1120 g/mol. The quantitative estimate of drug-likeness (QED) is 0.0949. The number of amides is 2. The van der Waals surface area contributed by atoms with Gasteiger partial charge in [-0.25, -0.2) is 19.9 Å². The first-order valence-electron chi connectivity index (χ1n) is 18.6. The molecule has 0 saturated carbocycles. The highest BCUT2D eigenvalue weighted by Crippen LogP contribution is 2.51. The molecule has 0 radical (unpaired) electrons. The summed E-state index contributed by atoms with van der Waals surface area (Å²) in [5.41, 5.74) is -7.63. The fourth-order valence-corrected chi connectivity index (χ4v) is 8.21. The van der Waals surface area contributed by atoms with E-state index in [0.29, 0.717) is 6.54 Å². The number of halogens is 19. The number of benzene rings is 2. The van der Waals surface area contributed by atoms with Gasteiger partial charge in [-0.2, -0.15) is 52.7 Å². The van der Waals surface area contributed by atoms with Crippen molar-refractivity contribution in [2.24, 2.45) is 0 Å². The summed E-state index contributed by atoms with van der Waals surface area (Å²) >= 11 is 37.8. The average molecular weight is 1150 g/mol. The van der Waals surface area contributed by atoms with E-state index in [1.165, 1.54) is 19.1 Å². The van der Waals surface area contributed by atoms with Crippen molar-refractivity contribution >= 4 is 103 Å². The molecule has 4 heterocycles. The van der Waals surface area contributed by atoms with Crippen molar-refractivity contribution in [3.05, 3.63) is 105 Å². The maximum Gasteiger partial charge on any atom is 0.433 e. The molecule has 4 aromatic rings. The van der Waals surface area contributed by atoms with Crippen molar-refractivity contribution in [3.8, 4) is 0 Å². The molecule has 0 spiro atoms. The second-order valence-electron chi connectivity index (χ2n) is 14.6. The topological polar surface area (TPSA) is 125 Å². The Hall–Kier alpha value is -3.32. The molecule has 29 heteroatoms. The van der Waals surface area contributed by atoms with Crippen molar-refractivity contribution in [2.45, 2.75) is 75.3 Å². The van der Waals surface area contributed by atoms with Gasteiger partial charge in [0.1, 0.15) is 10.8 Å². The fraction of sp³-hybridized carbons (Fsp3) is 0.421. The van der Waals surface area contributed by atoms with Crippen LogP contribution in [0.2, 0.25) is 30.1 Å². The zero-order valence-corrected chi connectivity index (χ0v) is 40.0. The fourth-order valence-electron chi connectivity index (χ4n) is 6.74. The normalized spacial score (nSPS) is 18.7. The highest BCUT2D eigenvalue weighted by atomic mass is 79.9. The summed E-state index contributed by atoms with van der Waals surface area (Å²) in [6.07, 6.45) is -17.3. The second-order valence-corrected chi connectivity index (χ2v) is 17.7. The van der Waals surface area contributed by atoms with Gasteiger partial charge in [0, 0.05) is 70.1 Å². The largest absolute Gasteiger partial charge is 0.433 e. The lowest BCUT2D eigenvalue weighted by Gasteiger charge is -2.32. The number of carbonyl (C=O) groups excluding carboxylic acids is 2. The minimum Gasteiger partial charge on any atom is -0.352 e. The minimum atomic E-state index is -4.91. The molecule has 0 aliphatic carbocycles. The van der Waals surface area contributed by atoms with Crippen LogP contribution in [0.4, 0.5) is 58.6 Å². The molecule has 3 N–H and O–H groups in total. The molecule has 67 heavy (non-hydrogen) atoms. The van der Waals surface area contributed by atoms with Crippen molar-refractivity contribution in [1.29, 1.82) is 0 Å². The van der Waals surface area contributed by atoms with Crippen LogP contribution in [0, 0.1) is 0 Å². The SMILES string of the molecule is CC(=O)NCc1cnc(Br)nc1C(F)(F)F.CC(=O)NCc1cnc(N2CCC(c3cc(Cl)c(Cl)c(Cl)c3)(C(F)(F)F)C2)nc1C(F)(F)F.FC(F)(F)C1(c2cc(Cl)c(Cl)c(Cl)c2)CCNC1. The molecular formula is C38H31BrCl6F12N8O2. The standard InChI is InChI=1S/C19H15Cl3F6N4O.C11H9Cl3F3N.C8H7BrF3N3O/c1-9(33)29-6-10-7-30-16(31-15(10)18(23,24)25)32-3-2-17(8-32,19(26,27)28)11-4-12(20)14(22)13(21)5-11;12-7-3-6(4-8(13)9(7)14)10(11(15,16)17)1-2-18-5-10;1-4(16)13-2-5-3-14-7(9)15-6(5)8(10,11)12/h4-5,7H,2-3,6,8H2,1H3,(H,29,33);3-4,18H,1-2,5H2;3H,2H2,1H3,(H,13,16). The number of anilines is 1. The van der Waals surface area contributed by atoms with Gasteiger partial charge in [-0.15, -0.1) is 0 Å². The summed E-state index contributed by atoms with van der Waals surface area (Å²) < 4.78 is 161. The number of hydrogen-bond donors (Lipinski definition) is 3. The molecule has 2 aliphatic rings. The van der Waals surface area contributed by atoms with E-state index in [1.54, 1.807) is 0 Å². The van der Waals surface area contributed by atoms with Crippen LogP contribution >= 0.6 is 85.5 Å². The highest BCUT2D eigenvalue weighted by molar-refractivity contribution is 9.10. The van der Waals surface area contributed by atoms with Gasteiger partial charge in [0.15, 0.2) is 16.1 Å². The van der Waals surface area contributed by atoms with E-state index in [0.717, 1.165) is 36.4 Å². The first-order chi connectivity index (χ1) is 30.7. The zero-order chi connectivity index (χ0) is 50.7. The summed E-state index contributed by atoms with van der Waals surface area (Å²) in [6.45, 7) is 0.691. The summed E-state index contributed by atoms with van der Waals surface area (Å²) in [5.74, 6) is -1.51. The van der Waals surface area contributed by atoms with E-state index in [1.807, 2.05) is 0 Å². The molecule has 2 aliphatic heterocycles. The predicted octanol–water partition coefficient (Wildman–Crippen LogP) is 12.1. The number of alkyl halides is 12. The number of carbonyl (C=O) groups is 2. The van der Waals surface area contributed by atoms with E-state index in [-0.39, 0.29) is 77.6 Å². The molecule has 10 nitrogen and oxygen atoms in total. The van der Waals surface area contributed by atoms with Gasteiger partial charge in [0.2, 0.25) is 17.8 Å². The third-order valence-corrected chi connectivity index (χ3v) is 12.9. The first-order valence-corrected chi connectivity index (χ1v) is 21.7. The van der Waals surface area contributed by atoms with Gasteiger partial charge in [-0.1, -0.05) is 69.6 Å². The maximum absolute atomic E-state index is 14.3. The Bertz CT molecular complexity index is 2410. The number of rotatable bonds is 7. The van der Waals surface area contributed by atoms with Crippen LogP contribution in [0.5, 0.6) is 0 Å². The third-order valence-electron chi connectivity index (χ3n) is 10.1. The lowest BCUT2D eigenvalue weighted by atomic mass is 9.79. The Kier molecular flexibility index (Phi) is 18.3. The minimum absolute atomic E-state index is 0.0368. The van der Waals surface area contributed by atoms with Crippen molar-refractivity contribution < 1.29 is 62.3 Å². The van der Waals surface area contributed by atoms with E-state index >= 15 is 0 Å². The maximum atomic E-state index is 14.3. The van der Waals surface area contributed by atoms with E-state index in [2.05, 4.69) is 51.8 Å². The number of nitrogens with zero attached hydrogens (tertiary/aromatic N) is 5. The Labute approximate surface area is 410 Å². The van der Waals surface area contributed by atoms with Gasteiger partial charge in [0.05, 0.1) is 30.1 Å². The van der Waals surface area contributed by atoms with E-state index in [4.69, 9.17) is 69.6 Å². The second kappa shape index (κ2) is 21.8. The number of aromatic nitrogens is 4. The summed E-state index contributed by atoms with van der Waals surface area (Å²) in [6, 6.07) is 4.59. The Balaban J connectivity index is 0.000000242. The third kappa shape index (κ3) is 13.5. The van der Waals surface area contributed by atoms with Gasteiger partial charge >= 0.3 is 24.7 Å². The molecule has 2 saturated heterocycles. The van der Waals surface area contributed by atoms with Crippen molar-refractivity contribution in [1.82, 2.24) is 35.9 Å². The predicted molar refractivity (Wildman–Crippen MR) is 230 cm³/mol. The van der Waals surface area contributed by atoms with E-state index < -0.39 is 89.8 Å². The monoisotopic (exact) mass is 1150 g/mol. The molecule has 2 unspecified atom stereocenters. The van der Waals surface area contributed by atoms with Crippen LogP contribution in [0.1, 0.15) is 60.3 Å². The Morgan fingerprint density at radius 3 is 1.48 bits per heavy atom. The van der Waals surface area contributed by atoms with Gasteiger partial charge in [-0.3, -0.25) is 9.59 Å². The van der Waals surface area contributed by atoms with Crippen LogP contribution in [0.15, 0.2) is 41.4 Å². The average Bonchev–Trinajstić information content (AvgIpc) is 3.91. The number of nitrogens with one attached hydrogen (secondary N) is 3. The van der Waals surface area contributed by atoms with Crippen LogP contribution in [0.25, 0.3) is 0 Å². The van der Waals surface area contributed by atoms with Crippen molar-refractivity contribution in [3.63, 3.8) is 0 Å². The smallest absolute Gasteiger partial charge is 0.352 e. The van der Waals surface area contributed by atoms with Crippen LogP contribution in [0.3, 0.4) is 0 Å². The summed E-state index contributed by atoms with van der Waals surface area (Å²) in [5, 5.41) is 6.88. The molecule has 2 amide bonds. The zero-order valence-electron chi connectivity index (χ0n) is 33.9. The highest BCUT2D eigenvalue weighted by Gasteiger charge is 2.60. The summed E-state index contributed by atoms with van der Waals surface area (Å²) in [4.78, 5) is 36.8. The van der Waals surface area contributed by atoms with Crippen LogP contribution in [-0.4, -0.2) is 70.3 Å². The van der Waals surface area contributed by atoms with Crippen LogP contribution in [-0.2, 0) is 45.9 Å². The van der Waals surface area contributed by atoms with Gasteiger partial charge in [-0.05, 0) is 70.7 Å². The lowest BCUT2D eigenvalue weighted by Crippen LogP contribution is -2.45. The Morgan fingerprint density at radius 2 is 1.09 bits per heavy atom. The molecule has 2 fully saturated rings. The summed E-state index contributed by atoms with van der Waals surface area (Å²) in [7, 11) is 0. The molecule has 2 aromatic heterocycles. The first kappa shape index (κ1) is 56.3. The molecule has 2 atom stereocenters. The lowest BCUT2D eigenvalue weighted by molar-refractivity contribution is -0.185. The van der Waals surface area contributed by atoms with Crippen molar-refractivity contribution in [2.75, 3.05) is 31.1 Å². The molecule has 2 aromatic carbocycles. The van der Waals surface area contributed by atoms with E-state index in [9.17, 15) is 62.3 Å². The van der Waals surface area contributed by atoms with Gasteiger partial charge < -0.3 is 20.9 Å².